The summed E-state index contributed by atoms with van der Waals surface area (Å²) in [4.78, 5) is 17.7. The molecule has 0 fully saturated rings. The van der Waals surface area contributed by atoms with Gasteiger partial charge in [-0.05, 0) is 42.0 Å². The van der Waals surface area contributed by atoms with E-state index in [9.17, 15) is 4.79 Å². The Labute approximate surface area is 199 Å². The summed E-state index contributed by atoms with van der Waals surface area (Å²) >= 11 is 0. The topological polar surface area (TPSA) is 111 Å². The fourth-order valence-corrected chi connectivity index (χ4v) is 3.41. The Balaban J connectivity index is 1.65. The van der Waals surface area contributed by atoms with Crippen molar-refractivity contribution in [2.45, 2.75) is 24.9 Å². The van der Waals surface area contributed by atoms with Gasteiger partial charge in [-0.25, -0.2) is 10.4 Å². The molecule has 2 aromatic carbocycles. The van der Waals surface area contributed by atoms with Crippen molar-refractivity contribution >= 4 is 11.8 Å². The number of aliphatic imine (C=N–C) groups is 1. The minimum atomic E-state index is -1.12. The Morgan fingerprint density at radius 2 is 1.88 bits per heavy atom. The van der Waals surface area contributed by atoms with E-state index < -0.39 is 5.54 Å². The number of amides is 1. The lowest BCUT2D eigenvalue weighted by atomic mass is 9.97. The van der Waals surface area contributed by atoms with Gasteiger partial charge in [0.15, 0.2) is 5.54 Å². The minimum absolute atomic E-state index is 0.0821. The Bertz CT molecular complexity index is 986. The first-order chi connectivity index (χ1) is 16.5. The number of aliphatic hydroxyl groups is 1. The molecule has 1 heterocycles. The minimum Gasteiger partial charge on any atom is -0.497 e. The predicted octanol–water partition coefficient (Wildman–Crippen LogP) is 2.38. The molecule has 2 aromatic rings. The van der Waals surface area contributed by atoms with Crippen LogP contribution in [0.15, 0.2) is 60.1 Å². The zero-order valence-corrected chi connectivity index (χ0v) is 19.5. The maximum Gasteiger partial charge on any atom is 0.266 e. The molecule has 182 valence electrons. The molecule has 0 saturated heterocycles. The average molecular weight is 470 g/mol. The van der Waals surface area contributed by atoms with Gasteiger partial charge in [-0.2, -0.15) is 0 Å². The van der Waals surface area contributed by atoms with Gasteiger partial charge >= 0.3 is 0 Å². The fourth-order valence-electron chi connectivity index (χ4n) is 3.41. The number of benzene rings is 2. The van der Waals surface area contributed by atoms with Gasteiger partial charge in [0.05, 0.1) is 20.8 Å². The summed E-state index contributed by atoms with van der Waals surface area (Å²) in [6.07, 6.45) is 2.54. The molecule has 9 heteroatoms. The molecule has 1 aliphatic rings. The van der Waals surface area contributed by atoms with Crippen molar-refractivity contribution in [2.75, 3.05) is 34.0 Å². The van der Waals surface area contributed by atoms with Crippen molar-refractivity contribution in [1.29, 1.82) is 0 Å². The number of nitrogens with one attached hydrogen (secondary N) is 2. The van der Waals surface area contributed by atoms with E-state index in [0.29, 0.717) is 49.1 Å². The molecule has 0 saturated carbocycles. The summed E-state index contributed by atoms with van der Waals surface area (Å²) in [5.41, 5.74) is 6.18. The van der Waals surface area contributed by atoms with Crippen LogP contribution < -0.4 is 25.1 Å². The van der Waals surface area contributed by atoms with E-state index in [1.165, 1.54) is 0 Å². The van der Waals surface area contributed by atoms with Crippen molar-refractivity contribution in [2.24, 2.45) is 4.99 Å². The first kappa shape index (κ1) is 25.1. The second-order valence-corrected chi connectivity index (χ2v) is 7.71. The van der Waals surface area contributed by atoms with Crippen molar-refractivity contribution in [3.8, 4) is 17.2 Å². The Morgan fingerprint density at radius 3 is 2.50 bits per heavy atom. The van der Waals surface area contributed by atoms with Crippen LogP contribution in [0.1, 0.15) is 24.0 Å². The SMILES string of the molecule is C=CC[C@@]1(C(=O)NNCc2cc(OC)cc(OC)c2)COC(c2ccc(OCCCO)cc2)=N1. The van der Waals surface area contributed by atoms with Gasteiger partial charge in [0.1, 0.15) is 23.9 Å². The third-order valence-electron chi connectivity index (χ3n) is 5.25. The molecule has 34 heavy (non-hydrogen) atoms. The van der Waals surface area contributed by atoms with E-state index in [1.807, 2.05) is 24.3 Å². The van der Waals surface area contributed by atoms with E-state index in [2.05, 4.69) is 22.4 Å². The second kappa shape index (κ2) is 12.1. The lowest BCUT2D eigenvalue weighted by Gasteiger charge is -2.21. The smallest absolute Gasteiger partial charge is 0.266 e. The average Bonchev–Trinajstić information content (AvgIpc) is 3.30. The lowest BCUT2D eigenvalue weighted by molar-refractivity contribution is -0.127. The molecule has 1 atom stereocenters. The largest absolute Gasteiger partial charge is 0.497 e. The first-order valence-electron chi connectivity index (χ1n) is 11.0. The zero-order chi connectivity index (χ0) is 24.4. The van der Waals surface area contributed by atoms with Gasteiger partial charge in [-0.1, -0.05) is 6.08 Å². The Morgan fingerprint density at radius 1 is 1.18 bits per heavy atom. The van der Waals surface area contributed by atoms with Crippen LogP contribution in [0.3, 0.4) is 0 Å². The fraction of sp³-hybridized carbons (Fsp3) is 0.360. The van der Waals surface area contributed by atoms with Crippen molar-refractivity contribution in [3.05, 3.63) is 66.2 Å². The maximum absolute atomic E-state index is 13.1. The molecule has 1 amide bonds. The van der Waals surface area contributed by atoms with Crippen LogP contribution in [0.2, 0.25) is 0 Å². The number of nitrogens with zero attached hydrogens (tertiary/aromatic N) is 1. The summed E-state index contributed by atoms with van der Waals surface area (Å²) in [6.45, 7) is 4.75. The molecular formula is C25H31N3O6. The maximum atomic E-state index is 13.1. The monoisotopic (exact) mass is 469 g/mol. The number of carbonyl (C=O) groups is 1. The van der Waals surface area contributed by atoms with E-state index in [1.54, 1.807) is 38.5 Å². The highest BCUT2D eigenvalue weighted by Crippen LogP contribution is 2.27. The number of aliphatic hydroxyl groups excluding tert-OH is 1. The van der Waals surface area contributed by atoms with E-state index >= 15 is 0 Å². The number of hydrogen-bond acceptors (Lipinski definition) is 8. The summed E-state index contributed by atoms with van der Waals surface area (Å²) in [5.74, 6) is 2.07. The molecule has 3 rings (SSSR count). The third kappa shape index (κ3) is 6.27. The van der Waals surface area contributed by atoms with Crippen LogP contribution in [0.25, 0.3) is 0 Å². The van der Waals surface area contributed by atoms with Gasteiger partial charge < -0.3 is 24.1 Å². The normalized spacial score (nSPS) is 16.9. The molecule has 9 nitrogen and oxygen atoms in total. The molecule has 3 N–H and O–H groups in total. The highest BCUT2D eigenvalue weighted by atomic mass is 16.5. The van der Waals surface area contributed by atoms with Crippen LogP contribution in [0, 0.1) is 0 Å². The van der Waals surface area contributed by atoms with Gasteiger partial charge in [-0.15, -0.1) is 6.58 Å². The van der Waals surface area contributed by atoms with Crippen LogP contribution in [-0.4, -0.2) is 56.5 Å². The quantitative estimate of drug-likeness (QED) is 0.235. The number of hydrazine groups is 1. The molecule has 1 aliphatic heterocycles. The molecule has 0 unspecified atom stereocenters. The van der Waals surface area contributed by atoms with Crippen LogP contribution >= 0.6 is 0 Å². The lowest BCUT2D eigenvalue weighted by Crippen LogP contribution is -2.51. The van der Waals surface area contributed by atoms with Gasteiger partial charge in [-0.3, -0.25) is 10.2 Å². The van der Waals surface area contributed by atoms with Crippen LogP contribution in [0.4, 0.5) is 0 Å². The summed E-state index contributed by atoms with van der Waals surface area (Å²) in [5, 5.41) is 8.86. The number of hydrogen-bond donors (Lipinski definition) is 3. The third-order valence-corrected chi connectivity index (χ3v) is 5.25. The van der Waals surface area contributed by atoms with E-state index in [4.69, 9.17) is 24.1 Å². The van der Waals surface area contributed by atoms with Crippen molar-refractivity contribution < 1.29 is 28.8 Å². The van der Waals surface area contributed by atoms with Crippen LogP contribution in [-0.2, 0) is 16.1 Å². The van der Waals surface area contributed by atoms with E-state index in [0.717, 1.165) is 11.1 Å². The Hall–Kier alpha value is -3.56. The first-order valence-corrected chi connectivity index (χ1v) is 11.0. The Kier molecular flexibility index (Phi) is 8.89. The highest BCUT2D eigenvalue weighted by Gasteiger charge is 2.43. The molecule has 0 aromatic heterocycles. The second-order valence-electron chi connectivity index (χ2n) is 7.71. The molecule has 0 bridgehead atoms. The van der Waals surface area contributed by atoms with Gasteiger partial charge in [0.25, 0.3) is 5.91 Å². The molecule has 0 aliphatic carbocycles. The highest BCUT2D eigenvalue weighted by molar-refractivity contribution is 6.00. The number of methoxy groups -OCH3 is 2. The van der Waals surface area contributed by atoms with Crippen molar-refractivity contribution in [3.63, 3.8) is 0 Å². The standard InChI is InChI=1S/C25H31N3O6/c1-4-10-25(24(30)28-26-16-18-13-21(31-2)15-22(14-18)32-3)17-34-23(27-25)19-6-8-20(9-7-19)33-12-5-11-29/h4,6-9,13-15,26,29H,1,5,10-12,16-17H2,2-3H3,(H,28,30)/t25-/m0/s1. The summed E-state index contributed by atoms with van der Waals surface area (Å²) < 4.78 is 21.9. The predicted molar refractivity (Wildman–Crippen MR) is 128 cm³/mol. The van der Waals surface area contributed by atoms with E-state index in [-0.39, 0.29) is 19.1 Å². The van der Waals surface area contributed by atoms with Gasteiger partial charge in [0.2, 0.25) is 5.90 Å². The van der Waals surface area contributed by atoms with Crippen molar-refractivity contribution in [1.82, 2.24) is 10.9 Å². The zero-order valence-electron chi connectivity index (χ0n) is 19.5. The molecular weight excluding hydrogens is 438 g/mol. The summed E-state index contributed by atoms with van der Waals surface area (Å²) in [6, 6.07) is 12.7. The van der Waals surface area contributed by atoms with Crippen LogP contribution in [0.5, 0.6) is 17.2 Å². The number of carbonyl (C=O) groups excluding carboxylic acids is 1. The summed E-state index contributed by atoms with van der Waals surface area (Å²) in [7, 11) is 3.17. The molecule has 0 spiro atoms. The molecule has 0 radical (unpaired) electrons. The van der Waals surface area contributed by atoms with Gasteiger partial charge in [0, 0.05) is 37.6 Å². The number of ether oxygens (including phenoxy) is 4. The number of rotatable bonds is 13.